The topological polar surface area (TPSA) is 118 Å². The molecule has 2 aliphatic rings. The van der Waals surface area contributed by atoms with Crippen molar-refractivity contribution in [3.05, 3.63) is 48.2 Å². The van der Waals surface area contributed by atoms with Gasteiger partial charge in [-0.2, -0.15) is 4.31 Å². The van der Waals surface area contributed by atoms with E-state index in [1.165, 1.54) is 43.5 Å². The molecule has 1 aliphatic carbocycles. The van der Waals surface area contributed by atoms with Crippen molar-refractivity contribution in [1.82, 2.24) is 14.6 Å². The van der Waals surface area contributed by atoms with Gasteiger partial charge in [-0.05, 0) is 49.1 Å². The fourth-order valence-corrected chi connectivity index (χ4v) is 5.55. The molecule has 0 unspecified atom stereocenters. The third-order valence-electron chi connectivity index (χ3n) is 5.94. The van der Waals surface area contributed by atoms with Crippen LogP contribution in [-0.4, -0.2) is 55.8 Å². The Morgan fingerprint density at radius 3 is 2.79 bits per heavy atom. The van der Waals surface area contributed by atoms with Gasteiger partial charge in [0.15, 0.2) is 11.6 Å². The molecular weight excluding hydrogens is 444 g/mol. The summed E-state index contributed by atoms with van der Waals surface area (Å²) in [6.07, 6.45) is 7.54. The highest BCUT2D eigenvalue weighted by atomic mass is 32.2. The van der Waals surface area contributed by atoms with Crippen LogP contribution >= 0.6 is 0 Å². The monoisotopic (exact) mass is 472 g/mol. The number of piperazine rings is 1. The zero-order valence-corrected chi connectivity index (χ0v) is 19.1. The number of hydrogen-bond donors (Lipinski definition) is 2. The molecule has 10 heteroatoms. The van der Waals surface area contributed by atoms with E-state index in [1.54, 1.807) is 18.3 Å². The van der Waals surface area contributed by atoms with Crippen molar-refractivity contribution < 1.29 is 22.7 Å². The van der Waals surface area contributed by atoms with Gasteiger partial charge in [-0.1, -0.05) is 25.3 Å². The van der Waals surface area contributed by atoms with E-state index >= 15 is 0 Å². The highest BCUT2D eigenvalue weighted by molar-refractivity contribution is 7.89. The van der Waals surface area contributed by atoms with Gasteiger partial charge < -0.3 is 15.4 Å². The van der Waals surface area contributed by atoms with Gasteiger partial charge in [0.2, 0.25) is 15.9 Å². The van der Waals surface area contributed by atoms with Gasteiger partial charge in [-0.3, -0.25) is 9.59 Å². The van der Waals surface area contributed by atoms with Crippen LogP contribution in [0.4, 0.5) is 5.82 Å². The first-order valence-corrected chi connectivity index (χ1v) is 12.6. The number of ether oxygens (including phenoxy) is 1. The fraction of sp³-hybridized carbons (Fsp3) is 0.435. The van der Waals surface area contributed by atoms with Crippen molar-refractivity contribution in [1.29, 1.82) is 0 Å². The Kier molecular flexibility index (Phi) is 7.24. The van der Waals surface area contributed by atoms with E-state index in [-0.39, 0.29) is 36.0 Å². The van der Waals surface area contributed by atoms with Gasteiger partial charge in [0, 0.05) is 24.8 Å². The van der Waals surface area contributed by atoms with Crippen molar-refractivity contribution in [2.45, 2.75) is 37.0 Å². The Morgan fingerprint density at radius 2 is 2.00 bits per heavy atom. The lowest BCUT2D eigenvalue weighted by molar-refractivity contribution is -0.122. The summed E-state index contributed by atoms with van der Waals surface area (Å²) in [6.45, 7) is 0.766. The number of nitrogens with zero attached hydrogens (tertiary/aromatic N) is 2. The normalized spacial score (nSPS) is 17.9. The Morgan fingerprint density at radius 1 is 1.18 bits per heavy atom. The van der Waals surface area contributed by atoms with Crippen LogP contribution in [-0.2, 0) is 14.8 Å². The van der Waals surface area contributed by atoms with Crippen molar-refractivity contribution in [2.24, 2.45) is 5.92 Å². The Balaban J connectivity index is 1.46. The number of rotatable bonds is 7. The summed E-state index contributed by atoms with van der Waals surface area (Å²) in [5.41, 5.74) is 0.168. The summed E-state index contributed by atoms with van der Waals surface area (Å²) >= 11 is 0. The Hall–Kier alpha value is -2.98. The van der Waals surface area contributed by atoms with Crippen LogP contribution in [0.25, 0.3) is 0 Å². The number of carbonyl (C=O) groups is 2. The molecule has 2 aromatic rings. The van der Waals surface area contributed by atoms with Crippen molar-refractivity contribution >= 4 is 27.7 Å². The summed E-state index contributed by atoms with van der Waals surface area (Å²) in [5, 5.41) is 5.33. The third kappa shape index (κ3) is 5.69. The second-order valence-corrected chi connectivity index (χ2v) is 10.3. The third-order valence-corrected chi connectivity index (χ3v) is 7.78. The SMILES string of the molecule is O=C1CN(S(=O)(=O)c2cccc(C(=O)Nc3ncccc3OCC3CCCCC3)c2)CCN1. The lowest BCUT2D eigenvalue weighted by Gasteiger charge is -2.26. The van der Waals surface area contributed by atoms with Crippen molar-refractivity contribution in [2.75, 3.05) is 31.6 Å². The van der Waals surface area contributed by atoms with Crippen molar-refractivity contribution in [3.8, 4) is 5.75 Å². The fourth-order valence-electron chi connectivity index (χ4n) is 4.11. The number of sulfonamides is 1. The summed E-state index contributed by atoms with van der Waals surface area (Å²) in [5.74, 6) is 0.430. The molecule has 1 aliphatic heterocycles. The maximum Gasteiger partial charge on any atom is 0.256 e. The second kappa shape index (κ2) is 10.3. The van der Waals surface area contributed by atoms with Crippen LogP contribution in [0.15, 0.2) is 47.5 Å². The molecule has 33 heavy (non-hydrogen) atoms. The van der Waals surface area contributed by atoms with E-state index in [9.17, 15) is 18.0 Å². The minimum absolute atomic E-state index is 0.0420. The largest absolute Gasteiger partial charge is 0.489 e. The van der Waals surface area contributed by atoms with Crippen LogP contribution in [0.2, 0.25) is 0 Å². The first-order chi connectivity index (χ1) is 15.9. The molecule has 0 radical (unpaired) electrons. The van der Waals surface area contributed by atoms with E-state index in [0.29, 0.717) is 24.1 Å². The summed E-state index contributed by atoms with van der Waals surface area (Å²) in [7, 11) is -3.90. The van der Waals surface area contributed by atoms with E-state index in [2.05, 4.69) is 15.6 Å². The quantitative estimate of drug-likeness (QED) is 0.639. The molecule has 1 aromatic carbocycles. The maximum atomic E-state index is 12.9. The van der Waals surface area contributed by atoms with Crippen LogP contribution in [0.3, 0.4) is 0 Å². The second-order valence-electron chi connectivity index (χ2n) is 8.34. The average Bonchev–Trinajstić information content (AvgIpc) is 2.84. The van der Waals surface area contributed by atoms with Gasteiger partial charge >= 0.3 is 0 Å². The van der Waals surface area contributed by atoms with Crippen LogP contribution in [0.1, 0.15) is 42.5 Å². The molecule has 2 heterocycles. The molecule has 1 saturated heterocycles. The molecule has 9 nitrogen and oxygen atoms in total. The molecule has 176 valence electrons. The molecule has 0 bridgehead atoms. The molecule has 2 fully saturated rings. The van der Waals surface area contributed by atoms with E-state index in [1.807, 2.05) is 0 Å². The number of anilines is 1. The Bertz CT molecular complexity index is 1120. The molecule has 0 atom stereocenters. The number of nitrogens with one attached hydrogen (secondary N) is 2. The lowest BCUT2D eigenvalue weighted by atomic mass is 9.90. The first kappa shape index (κ1) is 23.2. The van der Waals surface area contributed by atoms with E-state index < -0.39 is 15.9 Å². The highest BCUT2D eigenvalue weighted by Gasteiger charge is 2.29. The number of benzene rings is 1. The van der Waals surface area contributed by atoms with Crippen LogP contribution in [0, 0.1) is 5.92 Å². The zero-order valence-electron chi connectivity index (χ0n) is 18.3. The van der Waals surface area contributed by atoms with Crippen LogP contribution in [0.5, 0.6) is 5.75 Å². The van der Waals surface area contributed by atoms with Gasteiger partial charge in [0.25, 0.3) is 5.91 Å². The zero-order chi connectivity index (χ0) is 23.3. The predicted octanol–water partition coefficient (Wildman–Crippen LogP) is 2.41. The number of pyridine rings is 1. The standard InChI is InChI=1S/C23H28N4O5S/c28-21-15-27(13-12-24-21)33(30,31)19-9-4-8-18(14-19)23(29)26-22-20(10-5-11-25-22)32-16-17-6-2-1-3-7-17/h4-5,8-11,14,17H,1-3,6-7,12-13,15-16H2,(H,24,28)(H,25,26,29). The van der Waals surface area contributed by atoms with E-state index in [0.717, 1.165) is 17.1 Å². The minimum atomic E-state index is -3.90. The lowest BCUT2D eigenvalue weighted by Crippen LogP contribution is -2.49. The van der Waals surface area contributed by atoms with Gasteiger partial charge in [-0.15, -0.1) is 0 Å². The van der Waals surface area contributed by atoms with Gasteiger partial charge in [0.1, 0.15) is 0 Å². The summed E-state index contributed by atoms with van der Waals surface area (Å²) < 4.78 is 32.9. The van der Waals surface area contributed by atoms with Gasteiger partial charge in [-0.25, -0.2) is 13.4 Å². The number of carbonyl (C=O) groups excluding carboxylic acids is 2. The number of amides is 2. The predicted molar refractivity (Wildman–Crippen MR) is 122 cm³/mol. The van der Waals surface area contributed by atoms with Crippen molar-refractivity contribution in [3.63, 3.8) is 0 Å². The summed E-state index contributed by atoms with van der Waals surface area (Å²) in [4.78, 5) is 28.7. The first-order valence-electron chi connectivity index (χ1n) is 11.2. The molecule has 4 rings (SSSR count). The molecular formula is C23H28N4O5S. The molecule has 1 aromatic heterocycles. The smallest absolute Gasteiger partial charge is 0.256 e. The minimum Gasteiger partial charge on any atom is -0.489 e. The van der Waals surface area contributed by atoms with E-state index in [4.69, 9.17) is 4.74 Å². The Labute approximate surface area is 193 Å². The number of hydrogen-bond acceptors (Lipinski definition) is 6. The summed E-state index contributed by atoms with van der Waals surface area (Å²) in [6, 6.07) is 9.26. The average molecular weight is 473 g/mol. The molecule has 2 N–H and O–H groups in total. The van der Waals surface area contributed by atoms with Gasteiger partial charge in [0.05, 0.1) is 18.0 Å². The molecule has 1 saturated carbocycles. The molecule has 0 spiro atoms. The number of aromatic nitrogens is 1. The van der Waals surface area contributed by atoms with Crippen LogP contribution < -0.4 is 15.4 Å². The maximum absolute atomic E-state index is 12.9. The molecule has 2 amide bonds. The highest BCUT2D eigenvalue weighted by Crippen LogP contribution is 2.27.